The van der Waals surface area contributed by atoms with Crippen LogP contribution in [0.15, 0.2) is 16.7 Å². The van der Waals surface area contributed by atoms with Crippen LogP contribution in [0.5, 0.6) is 0 Å². The Kier molecular flexibility index (Phi) is 4.83. The molecule has 2 rings (SSSR count). The summed E-state index contributed by atoms with van der Waals surface area (Å²) in [5.41, 5.74) is 3.76. The number of hydrogen-bond donors (Lipinski definition) is 3. The molecule has 0 aliphatic heterocycles. The first-order chi connectivity index (χ1) is 10.1. The number of nitrogens with zero attached hydrogens (tertiary/aromatic N) is 3. The van der Waals surface area contributed by atoms with Crippen LogP contribution < -0.4 is 16.6 Å². The van der Waals surface area contributed by atoms with Crippen molar-refractivity contribution in [3.63, 3.8) is 0 Å². The summed E-state index contributed by atoms with van der Waals surface area (Å²) in [5.74, 6) is 6.70. The van der Waals surface area contributed by atoms with Gasteiger partial charge in [0.25, 0.3) is 5.91 Å². The van der Waals surface area contributed by atoms with E-state index in [9.17, 15) is 4.79 Å². The van der Waals surface area contributed by atoms with Crippen LogP contribution in [0.25, 0.3) is 0 Å². The monoisotopic (exact) mass is 290 g/mol. The Labute approximate surface area is 122 Å². The summed E-state index contributed by atoms with van der Waals surface area (Å²) < 4.78 is 4.98. The molecule has 8 heteroatoms. The quantitative estimate of drug-likeness (QED) is 0.526. The number of amides is 1. The van der Waals surface area contributed by atoms with E-state index in [2.05, 4.69) is 25.9 Å². The topological polar surface area (TPSA) is 119 Å². The van der Waals surface area contributed by atoms with E-state index in [1.54, 1.807) is 19.1 Å². The number of aromatic nitrogens is 3. The van der Waals surface area contributed by atoms with Gasteiger partial charge in [0.1, 0.15) is 5.82 Å². The van der Waals surface area contributed by atoms with Crippen LogP contribution in [0, 0.1) is 6.92 Å². The van der Waals surface area contributed by atoms with E-state index in [0.717, 1.165) is 12.1 Å². The number of carbonyl (C=O) groups is 1. The summed E-state index contributed by atoms with van der Waals surface area (Å²) in [4.78, 5) is 20.4. The van der Waals surface area contributed by atoms with Crippen molar-refractivity contribution < 1.29 is 9.32 Å². The van der Waals surface area contributed by atoms with E-state index in [0.29, 0.717) is 36.1 Å². The Bertz CT molecular complexity index is 603. The van der Waals surface area contributed by atoms with Crippen LogP contribution in [0.3, 0.4) is 0 Å². The molecule has 0 unspecified atom stereocenters. The van der Waals surface area contributed by atoms with Gasteiger partial charge in [0.2, 0.25) is 5.89 Å². The first-order valence-electron chi connectivity index (χ1n) is 6.67. The Morgan fingerprint density at radius 3 is 2.81 bits per heavy atom. The summed E-state index contributed by atoms with van der Waals surface area (Å²) in [5, 5.41) is 6.48. The van der Waals surface area contributed by atoms with Crippen molar-refractivity contribution in [3.05, 3.63) is 35.1 Å². The molecule has 0 aliphatic carbocycles. The number of carbonyl (C=O) groups excluding carboxylic acids is 1. The minimum absolute atomic E-state index is 0.195. The summed E-state index contributed by atoms with van der Waals surface area (Å²) in [6, 6.07) is 3.35. The van der Waals surface area contributed by atoms with Crippen molar-refractivity contribution >= 4 is 11.7 Å². The maximum atomic E-state index is 12.1. The van der Waals surface area contributed by atoms with Gasteiger partial charge < -0.3 is 15.3 Å². The van der Waals surface area contributed by atoms with Gasteiger partial charge in [-0.15, -0.1) is 0 Å². The predicted molar refractivity (Wildman–Crippen MR) is 76.5 cm³/mol. The zero-order valence-corrected chi connectivity index (χ0v) is 12.0. The summed E-state index contributed by atoms with van der Waals surface area (Å²) >= 11 is 0. The third-order valence-electron chi connectivity index (χ3n) is 2.84. The summed E-state index contributed by atoms with van der Waals surface area (Å²) in [6.45, 7) is 4.12. The van der Waals surface area contributed by atoms with Crippen molar-refractivity contribution in [3.8, 4) is 0 Å². The molecule has 112 valence electrons. The van der Waals surface area contributed by atoms with Crippen molar-refractivity contribution in [1.29, 1.82) is 0 Å². The Morgan fingerprint density at radius 1 is 1.38 bits per heavy atom. The van der Waals surface area contributed by atoms with Crippen LogP contribution in [-0.4, -0.2) is 27.6 Å². The van der Waals surface area contributed by atoms with Gasteiger partial charge in [0.05, 0.1) is 0 Å². The number of anilines is 1. The predicted octanol–water partition coefficient (Wildman–Crippen LogP) is 0.594. The summed E-state index contributed by atoms with van der Waals surface area (Å²) in [6.07, 6.45) is 1.21. The number of nitrogen functional groups attached to an aromatic ring is 1. The number of rotatable bonds is 6. The maximum Gasteiger partial charge on any atom is 0.251 e. The third-order valence-corrected chi connectivity index (χ3v) is 2.84. The molecule has 0 aromatic carbocycles. The van der Waals surface area contributed by atoms with E-state index >= 15 is 0 Å². The van der Waals surface area contributed by atoms with Gasteiger partial charge in [-0.3, -0.25) is 4.79 Å². The third kappa shape index (κ3) is 3.99. The second-order valence-corrected chi connectivity index (χ2v) is 4.47. The zero-order valence-electron chi connectivity index (χ0n) is 12.0. The van der Waals surface area contributed by atoms with Gasteiger partial charge in [-0.25, -0.2) is 10.8 Å². The van der Waals surface area contributed by atoms with Gasteiger partial charge in [0.15, 0.2) is 5.82 Å². The lowest BCUT2D eigenvalue weighted by Gasteiger charge is -2.08. The normalized spacial score (nSPS) is 10.4. The molecule has 8 nitrogen and oxygen atoms in total. The van der Waals surface area contributed by atoms with Crippen molar-refractivity contribution in [1.82, 2.24) is 20.4 Å². The zero-order chi connectivity index (χ0) is 15.2. The molecule has 2 aromatic heterocycles. The molecule has 2 heterocycles. The number of aryl methyl sites for hydroxylation is 2. The van der Waals surface area contributed by atoms with E-state index < -0.39 is 0 Å². The first kappa shape index (κ1) is 14.9. The fourth-order valence-electron chi connectivity index (χ4n) is 1.80. The number of nitrogens with one attached hydrogen (secondary N) is 2. The molecular formula is C13H18N6O2. The van der Waals surface area contributed by atoms with Crippen LogP contribution in [0.1, 0.15) is 34.7 Å². The highest BCUT2D eigenvalue weighted by molar-refractivity contribution is 5.95. The van der Waals surface area contributed by atoms with Crippen molar-refractivity contribution in [2.75, 3.05) is 12.0 Å². The molecule has 0 saturated heterocycles. The molecule has 0 aliphatic rings. The van der Waals surface area contributed by atoms with Gasteiger partial charge in [-0.2, -0.15) is 4.98 Å². The van der Waals surface area contributed by atoms with E-state index in [1.807, 2.05) is 6.92 Å². The largest absolute Gasteiger partial charge is 0.352 e. The first-order valence-corrected chi connectivity index (χ1v) is 6.67. The molecule has 0 bridgehead atoms. The van der Waals surface area contributed by atoms with Gasteiger partial charge in [-0.05, 0) is 25.5 Å². The van der Waals surface area contributed by atoms with Crippen LogP contribution in [0.4, 0.5) is 5.82 Å². The smallest absolute Gasteiger partial charge is 0.251 e. The second kappa shape index (κ2) is 6.80. The van der Waals surface area contributed by atoms with E-state index in [4.69, 9.17) is 10.4 Å². The Hall–Kier alpha value is -2.48. The van der Waals surface area contributed by atoms with Crippen LogP contribution in [-0.2, 0) is 12.8 Å². The van der Waals surface area contributed by atoms with Gasteiger partial charge >= 0.3 is 0 Å². The highest BCUT2D eigenvalue weighted by atomic mass is 16.5. The average molecular weight is 290 g/mol. The Morgan fingerprint density at radius 2 is 2.19 bits per heavy atom. The molecule has 2 aromatic rings. The molecule has 0 spiro atoms. The highest BCUT2D eigenvalue weighted by Crippen LogP contribution is 2.10. The maximum absolute atomic E-state index is 12.1. The number of hydrazine groups is 1. The average Bonchev–Trinajstić information content (AvgIpc) is 2.92. The Balaban J connectivity index is 1.96. The van der Waals surface area contributed by atoms with Crippen molar-refractivity contribution in [2.45, 2.75) is 26.7 Å². The lowest BCUT2D eigenvalue weighted by molar-refractivity contribution is 0.0953. The van der Waals surface area contributed by atoms with E-state index in [-0.39, 0.29) is 5.91 Å². The number of hydrogen-bond acceptors (Lipinski definition) is 7. The fourth-order valence-corrected chi connectivity index (χ4v) is 1.80. The van der Waals surface area contributed by atoms with Crippen LogP contribution in [0.2, 0.25) is 0 Å². The standard InChI is InChI=1S/C13H18N6O2/c1-3-10-6-9(7-11(17-10)18-14)13(20)15-5-4-12-16-8(2)19-21-12/h6-7H,3-5,14H2,1-2H3,(H,15,20)(H,17,18). The lowest BCUT2D eigenvalue weighted by Crippen LogP contribution is -2.26. The molecule has 4 N–H and O–H groups in total. The number of pyridine rings is 1. The van der Waals surface area contributed by atoms with Crippen LogP contribution >= 0.6 is 0 Å². The molecule has 0 atom stereocenters. The minimum atomic E-state index is -0.195. The molecule has 0 radical (unpaired) electrons. The lowest BCUT2D eigenvalue weighted by atomic mass is 10.2. The fraction of sp³-hybridized carbons (Fsp3) is 0.385. The van der Waals surface area contributed by atoms with E-state index in [1.165, 1.54) is 0 Å². The number of nitrogens with two attached hydrogens (primary N) is 1. The minimum Gasteiger partial charge on any atom is -0.352 e. The molecule has 21 heavy (non-hydrogen) atoms. The van der Waals surface area contributed by atoms with Gasteiger partial charge in [0, 0.05) is 24.2 Å². The highest BCUT2D eigenvalue weighted by Gasteiger charge is 2.10. The second-order valence-electron chi connectivity index (χ2n) is 4.47. The summed E-state index contributed by atoms with van der Waals surface area (Å²) in [7, 11) is 0. The van der Waals surface area contributed by atoms with Gasteiger partial charge in [-0.1, -0.05) is 12.1 Å². The van der Waals surface area contributed by atoms with Crippen molar-refractivity contribution in [2.24, 2.45) is 5.84 Å². The molecule has 0 saturated carbocycles. The molecule has 1 amide bonds. The molecule has 0 fully saturated rings. The molecular weight excluding hydrogens is 272 g/mol. The SMILES string of the molecule is CCc1cc(C(=O)NCCc2nc(C)no2)cc(NN)n1.